The maximum atomic E-state index is 11.3. The van der Waals surface area contributed by atoms with Crippen molar-refractivity contribution in [1.29, 1.82) is 0 Å². The zero-order valence-corrected chi connectivity index (χ0v) is 13.3. The number of rotatable bonds is 3. The summed E-state index contributed by atoms with van der Waals surface area (Å²) in [4.78, 5) is 11.3. The van der Waals surface area contributed by atoms with Gasteiger partial charge in [-0.05, 0) is 61.3 Å². The topological polar surface area (TPSA) is 38.3 Å². The number of aryl methyl sites for hydroxylation is 1. The number of nitrogens with one attached hydrogen (secondary N) is 1. The standard InChI is InChI=1S/C16H20BrNO2/c1-20-15-9-12(17)8-11-3-2-10(7-14(11)15)6-13-4-5-16(19)18-13/h8-10,13H,2-7H2,1H3,(H,18,19)/t10?,13-/m0/s1. The molecule has 4 heteroatoms. The predicted octanol–water partition coefficient (Wildman–Crippen LogP) is 3.23. The average Bonchev–Trinajstić information content (AvgIpc) is 2.83. The molecule has 0 spiro atoms. The van der Waals surface area contributed by atoms with Gasteiger partial charge in [-0.2, -0.15) is 0 Å². The van der Waals surface area contributed by atoms with Gasteiger partial charge in [0.05, 0.1) is 7.11 Å². The van der Waals surface area contributed by atoms with Crippen LogP contribution in [0.1, 0.15) is 36.8 Å². The highest BCUT2D eigenvalue weighted by Crippen LogP contribution is 2.37. The van der Waals surface area contributed by atoms with Crippen LogP contribution < -0.4 is 10.1 Å². The van der Waals surface area contributed by atoms with Crippen molar-refractivity contribution < 1.29 is 9.53 Å². The van der Waals surface area contributed by atoms with E-state index in [1.165, 1.54) is 17.5 Å². The lowest BCUT2D eigenvalue weighted by Crippen LogP contribution is -2.29. The third-order valence-corrected chi connectivity index (χ3v) is 4.96. The Morgan fingerprint density at radius 2 is 2.20 bits per heavy atom. The van der Waals surface area contributed by atoms with Gasteiger partial charge in [0.2, 0.25) is 5.91 Å². The Labute approximate surface area is 128 Å². The van der Waals surface area contributed by atoms with Gasteiger partial charge in [0.15, 0.2) is 0 Å². The average molecular weight is 338 g/mol. The van der Waals surface area contributed by atoms with Gasteiger partial charge in [0.1, 0.15) is 5.75 Å². The molecule has 1 amide bonds. The Morgan fingerprint density at radius 3 is 2.90 bits per heavy atom. The van der Waals surface area contributed by atoms with Crippen molar-refractivity contribution in [3.8, 4) is 5.75 Å². The van der Waals surface area contributed by atoms with Crippen LogP contribution in [0.15, 0.2) is 16.6 Å². The molecule has 1 unspecified atom stereocenters. The molecule has 1 saturated heterocycles. The minimum atomic E-state index is 0.215. The van der Waals surface area contributed by atoms with Crippen molar-refractivity contribution in [2.45, 2.75) is 44.6 Å². The summed E-state index contributed by atoms with van der Waals surface area (Å²) >= 11 is 3.55. The quantitative estimate of drug-likeness (QED) is 0.919. The van der Waals surface area contributed by atoms with E-state index in [0.29, 0.717) is 18.4 Å². The lowest BCUT2D eigenvalue weighted by Gasteiger charge is -2.28. The molecule has 2 aliphatic rings. The summed E-state index contributed by atoms with van der Waals surface area (Å²) < 4.78 is 6.62. The molecule has 0 bridgehead atoms. The van der Waals surface area contributed by atoms with E-state index in [0.717, 1.165) is 35.9 Å². The predicted molar refractivity (Wildman–Crippen MR) is 82.0 cm³/mol. The van der Waals surface area contributed by atoms with Crippen molar-refractivity contribution in [2.75, 3.05) is 7.11 Å². The number of hydrogen-bond donors (Lipinski definition) is 1. The first-order valence-electron chi connectivity index (χ1n) is 7.30. The third kappa shape index (κ3) is 2.85. The second kappa shape index (κ2) is 5.76. The number of fused-ring (bicyclic) bond motifs is 1. The van der Waals surface area contributed by atoms with Crippen LogP contribution in [0, 0.1) is 5.92 Å². The van der Waals surface area contributed by atoms with Crippen LogP contribution in [0.4, 0.5) is 0 Å². The van der Waals surface area contributed by atoms with E-state index in [2.05, 4.69) is 33.4 Å². The lowest BCUT2D eigenvalue weighted by molar-refractivity contribution is -0.119. The van der Waals surface area contributed by atoms with Crippen LogP contribution in [0.5, 0.6) is 5.75 Å². The Hall–Kier alpha value is -1.03. The van der Waals surface area contributed by atoms with Crippen molar-refractivity contribution in [3.05, 3.63) is 27.7 Å². The number of amides is 1. The summed E-state index contributed by atoms with van der Waals surface area (Å²) in [6.45, 7) is 0. The van der Waals surface area contributed by atoms with Crippen molar-refractivity contribution >= 4 is 21.8 Å². The Balaban J connectivity index is 1.73. The van der Waals surface area contributed by atoms with Gasteiger partial charge in [-0.15, -0.1) is 0 Å². The highest BCUT2D eigenvalue weighted by atomic mass is 79.9. The first-order valence-corrected chi connectivity index (χ1v) is 8.09. The molecule has 3 nitrogen and oxygen atoms in total. The molecule has 1 N–H and O–H groups in total. The van der Waals surface area contributed by atoms with Gasteiger partial charge in [0.25, 0.3) is 0 Å². The van der Waals surface area contributed by atoms with E-state index in [1.54, 1.807) is 7.11 Å². The van der Waals surface area contributed by atoms with E-state index in [9.17, 15) is 4.79 Å². The van der Waals surface area contributed by atoms with E-state index in [-0.39, 0.29) is 5.91 Å². The number of ether oxygens (including phenoxy) is 1. The molecule has 1 aliphatic carbocycles. The number of methoxy groups -OCH3 is 1. The van der Waals surface area contributed by atoms with Crippen molar-refractivity contribution in [3.63, 3.8) is 0 Å². The van der Waals surface area contributed by atoms with Gasteiger partial charge in [0, 0.05) is 16.9 Å². The number of benzene rings is 1. The molecule has 0 saturated carbocycles. The molecule has 1 aromatic rings. The highest BCUT2D eigenvalue weighted by Gasteiger charge is 2.28. The summed E-state index contributed by atoms with van der Waals surface area (Å²) in [5.41, 5.74) is 2.76. The normalized spacial score (nSPS) is 25.2. The molecule has 1 fully saturated rings. The van der Waals surface area contributed by atoms with Crippen LogP contribution in [0.2, 0.25) is 0 Å². The SMILES string of the molecule is COc1cc(Br)cc2c1CC(C[C@@H]1CCC(=O)N1)CC2. The van der Waals surface area contributed by atoms with Crippen LogP contribution in [0.3, 0.4) is 0 Å². The molecule has 2 atom stereocenters. The first-order chi connectivity index (χ1) is 9.65. The maximum Gasteiger partial charge on any atom is 0.220 e. The third-order valence-electron chi connectivity index (χ3n) is 4.50. The zero-order chi connectivity index (χ0) is 14.1. The molecule has 1 aliphatic heterocycles. The summed E-state index contributed by atoms with van der Waals surface area (Å²) in [7, 11) is 1.74. The molecule has 0 radical (unpaired) electrons. The van der Waals surface area contributed by atoms with Gasteiger partial charge in [-0.25, -0.2) is 0 Å². The second-order valence-corrected chi connectivity index (χ2v) is 6.81. The minimum Gasteiger partial charge on any atom is -0.496 e. The monoisotopic (exact) mass is 337 g/mol. The number of halogens is 1. The van der Waals surface area contributed by atoms with Gasteiger partial charge in [-0.3, -0.25) is 4.79 Å². The fourth-order valence-corrected chi connectivity index (χ4v) is 3.99. The van der Waals surface area contributed by atoms with Crippen LogP contribution in [0.25, 0.3) is 0 Å². The Morgan fingerprint density at radius 1 is 1.35 bits per heavy atom. The fourth-order valence-electron chi connectivity index (χ4n) is 3.51. The van der Waals surface area contributed by atoms with Crippen LogP contribution >= 0.6 is 15.9 Å². The van der Waals surface area contributed by atoms with E-state index < -0.39 is 0 Å². The smallest absolute Gasteiger partial charge is 0.220 e. The maximum absolute atomic E-state index is 11.3. The Bertz CT molecular complexity index is 512. The van der Waals surface area contributed by atoms with Crippen molar-refractivity contribution in [2.24, 2.45) is 5.92 Å². The molecule has 1 heterocycles. The van der Waals surface area contributed by atoms with E-state index in [1.807, 2.05) is 0 Å². The van der Waals surface area contributed by atoms with Crippen LogP contribution in [-0.4, -0.2) is 19.1 Å². The summed E-state index contributed by atoms with van der Waals surface area (Å²) in [6, 6.07) is 4.65. The molecule has 20 heavy (non-hydrogen) atoms. The van der Waals surface area contributed by atoms with Crippen molar-refractivity contribution in [1.82, 2.24) is 5.32 Å². The Kier molecular flexibility index (Phi) is 4.01. The molecule has 108 valence electrons. The van der Waals surface area contributed by atoms with Gasteiger partial charge in [-0.1, -0.05) is 15.9 Å². The highest BCUT2D eigenvalue weighted by molar-refractivity contribution is 9.10. The zero-order valence-electron chi connectivity index (χ0n) is 11.7. The summed E-state index contributed by atoms with van der Waals surface area (Å²) in [5, 5.41) is 3.09. The fraction of sp³-hybridized carbons (Fsp3) is 0.562. The number of hydrogen-bond acceptors (Lipinski definition) is 2. The molecular weight excluding hydrogens is 318 g/mol. The van der Waals surface area contributed by atoms with Gasteiger partial charge >= 0.3 is 0 Å². The molecule has 1 aromatic carbocycles. The van der Waals surface area contributed by atoms with Crippen LogP contribution in [-0.2, 0) is 17.6 Å². The lowest BCUT2D eigenvalue weighted by atomic mass is 9.80. The first kappa shape index (κ1) is 13.9. The van der Waals surface area contributed by atoms with E-state index >= 15 is 0 Å². The molecular formula is C16H20BrNO2. The minimum absolute atomic E-state index is 0.215. The largest absolute Gasteiger partial charge is 0.496 e. The van der Waals surface area contributed by atoms with E-state index in [4.69, 9.17) is 4.74 Å². The van der Waals surface area contributed by atoms with Gasteiger partial charge < -0.3 is 10.1 Å². The number of carbonyl (C=O) groups is 1. The molecule has 3 rings (SSSR count). The summed E-state index contributed by atoms with van der Waals surface area (Å²) in [6.07, 6.45) is 6.18. The summed E-state index contributed by atoms with van der Waals surface area (Å²) in [5.74, 6) is 1.86. The second-order valence-electron chi connectivity index (χ2n) is 5.89. The molecule has 0 aromatic heterocycles. The number of carbonyl (C=O) groups excluding carboxylic acids is 1.